The highest BCUT2D eigenvalue weighted by Crippen LogP contribution is 2.34. The first-order valence-corrected chi connectivity index (χ1v) is 8.77. The summed E-state index contributed by atoms with van der Waals surface area (Å²) in [5, 5.41) is 0.720. The number of benzene rings is 1. The van der Waals surface area contributed by atoms with E-state index in [1.165, 1.54) is 15.9 Å². The number of nitrogens with zero attached hydrogens (tertiary/aromatic N) is 2. The van der Waals surface area contributed by atoms with Crippen molar-refractivity contribution in [1.82, 2.24) is 9.55 Å². The number of hydrogen-bond acceptors (Lipinski definition) is 3. The summed E-state index contributed by atoms with van der Waals surface area (Å²) < 4.78 is 14.5. The van der Waals surface area contributed by atoms with Gasteiger partial charge in [0.1, 0.15) is 17.3 Å². The Hall–Kier alpha value is -2.01. The van der Waals surface area contributed by atoms with Gasteiger partial charge in [0.05, 0.1) is 11.9 Å². The van der Waals surface area contributed by atoms with Gasteiger partial charge in [0.15, 0.2) is 0 Å². The first kappa shape index (κ1) is 14.6. The van der Waals surface area contributed by atoms with Crippen LogP contribution in [-0.2, 0) is 19.4 Å². The SMILES string of the molecule is O=c1c2c3c(sc2nc(-c2ccccc2)n1CCF)CCCC3. The summed E-state index contributed by atoms with van der Waals surface area (Å²) in [6.07, 6.45) is 4.25. The number of rotatable bonds is 3. The fourth-order valence-electron chi connectivity index (χ4n) is 3.34. The van der Waals surface area contributed by atoms with E-state index in [9.17, 15) is 9.18 Å². The van der Waals surface area contributed by atoms with E-state index in [2.05, 4.69) is 0 Å². The Morgan fingerprint density at radius 2 is 1.96 bits per heavy atom. The van der Waals surface area contributed by atoms with E-state index in [4.69, 9.17) is 4.98 Å². The molecule has 0 saturated heterocycles. The Labute approximate surface area is 137 Å². The topological polar surface area (TPSA) is 34.9 Å². The zero-order valence-electron chi connectivity index (χ0n) is 12.7. The average molecular weight is 328 g/mol. The Morgan fingerprint density at radius 1 is 1.17 bits per heavy atom. The first-order chi connectivity index (χ1) is 11.3. The third kappa shape index (κ3) is 2.39. The second kappa shape index (κ2) is 5.89. The van der Waals surface area contributed by atoms with Crippen LogP contribution in [0.5, 0.6) is 0 Å². The Morgan fingerprint density at radius 3 is 2.74 bits per heavy atom. The number of fused-ring (bicyclic) bond motifs is 3. The Bertz CT molecular complexity index is 914. The molecule has 0 saturated carbocycles. The monoisotopic (exact) mass is 328 g/mol. The van der Waals surface area contributed by atoms with Crippen molar-refractivity contribution in [1.29, 1.82) is 0 Å². The van der Waals surface area contributed by atoms with Gasteiger partial charge in [-0.05, 0) is 31.2 Å². The number of hydrogen-bond donors (Lipinski definition) is 0. The van der Waals surface area contributed by atoms with Crippen LogP contribution in [0.3, 0.4) is 0 Å². The van der Waals surface area contributed by atoms with Crippen molar-refractivity contribution in [2.45, 2.75) is 32.2 Å². The van der Waals surface area contributed by atoms with E-state index in [1.54, 1.807) is 11.3 Å². The lowest BCUT2D eigenvalue weighted by Crippen LogP contribution is -2.24. The summed E-state index contributed by atoms with van der Waals surface area (Å²) in [6.45, 7) is -0.518. The van der Waals surface area contributed by atoms with Crippen molar-refractivity contribution in [2.24, 2.45) is 0 Å². The third-order valence-electron chi connectivity index (χ3n) is 4.41. The molecule has 0 aliphatic heterocycles. The van der Waals surface area contributed by atoms with Gasteiger partial charge in [-0.25, -0.2) is 9.37 Å². The van der Waals surface area contributed by atoms with Crippen LogP contribution in [-0.4, -0.2) is 16.2 Å². The number of alkyl halides is 1. The van der Waals surface area contributed by atoms with E-state index >= 15 is 0 Å². The molecule has 3 aromatic rings. The minimum atomic E-state index is -0.570. The molecule has 5 heteroatoms. The number of aromatic nitrogens is 2. The minimum Gasteiger partial charge on any atom is -0.289 e. The third-order valence-corrected chi connectivity index (χ3v) is 5.60. The van der Waals surface area contributed by atoms with E-state index in [0.717, 1.165) is 40.6 Å². The molecule has 3 nitrogen and oxygen atoms in total. The van der Waals surface area contributed by atoms with E-state index in [-0.39, 0.29) is 12.1 Å². The van der Waals surface area contributed by atoms with Gasteiger partial charge in [-0.1, -0.05) is 30.3 Å². The summed E-state index contributed by atoms with van der Waals surface area (Å²) in [5.74, 6) is 0.569. The van der Waals surface area contributed by atoms with E-state index < -0.39 is 6.67 Å². The normalized spacial score (nSPS) is 14.1. The van der Waals surface area contributed by atoms with Crippen LogP contribution in [0.4, 0.5) is 4.39 Å². The smallest absolute Gasteiger partial charge is 0.262 e. The summed E-state index contributed by atoms with van der Waals surface area (Å²) in [5.41, 5.74) is 1.91. The van der Waals surface area contributed by atoms with Gasteiger partial charge in [0, 0.05) is 10.4 Å². The second-order valence-corrected chi connectivity index (χ2v) is 6.92. The molecule has 1 aliphatic carbocycles. The molecule has 0 fully saturated rings. The van der Waals surface area contributed by atoms with Crippen molar-refractivity contribution in [3.63, 3.8) is 0 Å². The maximum atomic E-state index is 13.0. The molecule has 0 bridgehead atoms. The Kier molecular flexibility index (Phi) is 3.73. The Balaban J connectivity index is 2.03. The quantitative estimate of drug-likeness (QED) is 0.729. The first-order valence-electron chi connectivity index (χ1n) is 7.96. The van der Waals surface area contributed by atoms with Crippen LogP contribution >= 0.6 is 11.3 Å². The predicted molar refractivity (Wildman–Crippen MR) is 91.9 cm³/mol. The fraction of sp³-hybridized carbons (Fsp3) is 0.333. The minimum absolute atomic E-state index is 0.0522. The fourth-order valence-corrected chi connectivity index (χ4v) is 4.59. The average Bonchev–Trinajstić information content (AvgIpc) is 2.96. The van der Waals surface area contributed by atoms with Crippen molar-refractivity contribution in [2.75, 3.05) is 6.67 Å². The van der Waals surface area contributed by atoms with Gasteiger partial charge in [-0.2, -0.15) is 0 Å². The van der Waals surface area contributed by atoms with Crippen molar-refractivity contribution < 1.29 is 4.39 Å². The molecule has 0 amide bonds. The maximum Gasteiger partial charge on any atom is 0.262 e. The van der Waals surface area contributed by atoms with Crippen LogP contribution in [0.1, 0.15) is 23.3 Å². The van der Waals surface area contributed by atoms with Gasteiger partial charge >= 0.3 is 0 Å². The van der Waals surface area contributed by atoms with Crippen LogP contribution in [0, 0.1) is 0 Å². The zero-order valence-corrected chi connectivity index (χ0v) is 13.5. The van der Waals surface area contributed by atoms with Crippen LogP contribution in [0.15, 0.2) is 35.1 Å². The summed E-state index contributed by atoms with van der Waals surface area (Å²) in [6, 6.07) is 9.56. The van der Waals surface area contributed by atoms with E-state index in [1.807, 2.05) is 30.3 Å². The molecule has 2 heterocycles. The second-order valence-electron chi connectivity index (χ2n) is 5.84. The highest BCUT2D eigenvalue weighted by atomic mass is 32.1. The number of halogens is 1. The van der Waals surface area contributed by atoms with Crippen molar-refractivity contribution in [3.05, 3.63) is 51.1 Å². The summed E-state index contributed by atoms with van der Waals surface area (Å²) >= 11 is 1.63. The molecule has 1 aromatic carbocycles. The molecule has 0 N–H and O–H groups in total. The number of aryl methyl sites for hydroxylation is 2. The molecule has 0 atom stereocenters. The lowest BCUT2D eigenvalue weighted by atomic mass is 9.97. The summed E-state index contributed by atoms with van der Waals surface area (Å²) in [7, 11) is 0. The van der Waals surface area contributed by atoms with Crippen LogP contribution in [0.2, 0.25) is 0 Å². The largest absolute Gasteiger partial charge is 0.289 e. The van der Waals surface area contributed by atoms with Gasteiger partial charge in [-0.15, -0.1) is 11.3 Å². The molecule has 1 aliphatic rings. The van der Waals surface area contributed by atoms with Crippen LogP contribution < -0.4 is 5.56 Å². The molecule has 118 valence electrons. The van der Waals surface area contributed by atoms with Gasteiger partial charge in [-0.3, -0.25) is 9.36 Å². The molecule has 23 heavy (non-hydrogen) atoms. The molecule has 0 radical (unpaired) electrons. The zero-order chi connectivity index (χ0) is 15.8. The van der Waals surface area contributed by atoms with Gasteiger partial charge in [0.2, 0.25) is 0 Å². The number of thiophene rings is 1. The standard InChI is InChI=1S/C18H17FN2OS/c19-10-11-21-16(12-6-2-1-3-7-12)20-17-15(18(21)22)13-8-4-5-9-14(13)23-17/h1-3,6-7H,4-5,8-11H2. The molecule has 4 rings (SSSR count). The highest BCUT2D eigenvalue weighted by Gasteiger charge is 2.22. The molecule has 0 unspecified atom stereocenters. The lowest BCUT2D eigenvalue weighted by Gasteiger charge is -2.12. The molecule has 0 spiro atoms. The summed E-state index contributed by atoms with van der Waals surface area (Å²) in [4.78, 5) is 19.8. The van der Waals surface area contributed by atoms with E-state index in [0.29, 0.717) is 5.82 Å². The van der Waals surface area contributed by atoms with Crippen molar-refractivity contribution in [3.8, 4) is 11.4 Å². The molecular formula is C18H17FN2OS. The maximum absolute atomic E-state index is 13.0. The van der Waals surface area contributed by atoms with Gasteiger partial charge in [0.25, 0.3) is 5.56 Å². The van der Waals surface area contributed by atoms with Crippen LogP contribution in [0.25, 0.3) is 21.6 Å². The van der Waals surface area contributed by atoms with Crippen molar-refractivity contribution >= 4 is 21.6 Å². The van der Waals surface area contributed by atoms with Gasteiger partial charge < -0.3 is 0 Å². The molecule has 2 aromatic heterocycles. The lowest BCUT2D eigenvalue weighted by molar-refractivity contribution is 0.441. The highest BCUT2D eigenvalue weighted by molar-refractivity contribution is 7.18. The molecular weight excluding hydrogens is 311 g/mol. The predicted octanol–water partition coefficient (Wildman–Crippen LogP) is 3.97.